The summed E-state index contributed by atoms with van der Waals surface area (Å²) in [5.41, 5.74) is 2.82. The molecule has 0 radical (unpaired) electrons. The van der Waals surface area contributed by atoms with Gasteiger partial charge in [-0.15, -0.1) is 0 Å². The van der Waals surface area contributed by atoms with Crippen LogP contribution in [-0.2, 0) is 4.79 Å². The molecule has 25 heavy (non-hydrogen) atoms. The maximum atomic E-state index is 12.4. The summed E-state index contributed by atoms with van der Waals surface area (Å²) in [6.45, 7) is 3.94. The lowest BCUT2D eigenvalue weighted by Gasteiger charge is -2.35. The van der Waals surface area contributed by atoms with Gasteiger partial charge in [0.05, 0.1) is 12.8 Å². The minimum absolute atomic E-state index is 0.327. The Labute approximate surface area is 145 Å². The SMILES string of the molecule is COc1cccc(N2C3=NC4C(C(=O)NC(=O)N4C)N3C(C)=C2C)c1. The van der Waals surface area contributed by atoms with E-state index in [0.717, 1.165) is 22.8 Å². The van der Waals surface area contributed by atoms with Crippen molar-refractivity contribution in [2.24, 2.45) is 4.99 Å². The molecule has 2 atom stereocenters. The number of carbonyl (C=O) groups is 2. The normalized spacial score (nSPS) is 25.1. The van der Waals surface area contributed by atoms with Crippen LogP contribution in [0.25, 0.3) is 0 Å². The Balaban J connectivity index is 1.81. The molecule has 1 aromatic rings. The van der Waals surface area contributed by atoms with Gasteiger partial charge in [0.2, 0.25) is 5.96 Å². The number of rotatable bonds is 2. The van der Waals surface area contributed by atoms with E-state index in [1.54, 1.807) is 14.2 Å². The largest absolute Gasteiger partial charge is 0.497 e. The highest BCUT2D eigenvalue weighted by Gasteiger charge is 2.53. The molecular weight excluding hydrogens is 322 g/mol. The number of benzene rings is 1. The molecule has 3 aliphatic rings. The van der Waals surface area contributed by atoms with E-state index < -0.39 is 18.2 Å². The molecule has 130 valence electrons. The number of ether oxygens (including phenoxy) is 1. The Morgan fingerprint density at radius 2 is 1.96 bits per heavy atom. The molecule has 3 heterocycles. The molecule has 4 rings (SSSR count). The fourth-order valence-electron chi connectivity index (χ4n) is 3.52. The Hall–Kier alpha value is -3.03. The molecule has 3 aliphatic heterocycles. The maximum Gasteiger partial charge on any atom is 0.325 e. The Kier molecular flexibility index (Phi) is 3.24. The number of anilines is 1. The number of amides is 3. The predicted octanol–water partition coefficient (Wildman–Crippen LogP) is 1.31. The van der Waals surface area contributed by atoms with Gasteiger partial charge in [-0.25, -0.2) is 9.79 Å². The van der Waals surface area contributed by atoms with Gasteiger partial charge in [0.25, 0.3) is 5.91 Å². The van der Waals surface area contributed by atoms with E-state index in [-0.39, 0.29) is 5.91 Å². The van der Waals surface area contributed by atoms with Gasteiger partial charge in [-0.1, -0.05) is 6.07 Å². The third-order valence-electron chi connectivity index (χ3n) is 4.97. The van der Waals surface area contributed by atoms with Crippen molar-refractivity contribution in [3.05, 3.63) is 35.7 Å². The molecule has 3 amide bonds. The summed E-state index contributed by atoms with van der Waals surface area (Å²) in [7, 11) is 3.27. The van der Waals surface area contributed by atoms with E-state index in [1.165, 1.54) is 4.90 Å². The number of aliphatic imine (C=N–C) groups is 1. The lowest BCUT2D eigenvalue weighted by Crippen LogP contribution is -2.63. The second-order valence-corrected chi connectivity index (χ2v) is 6.27. The summed E-state index contributed by atoms with van der Waals surface area (Å²) in [5, 5.41) is 2.39. The van der Waals surface area contributed by atoms with Gasteiger partial charge in [-0.2, -0.15) is 0 Å². The van der Waals surface area contributed by atoms with Crippen molar-refractivity contribution in [3.63, 3.8) is 0 Å². The third-order valence-corrected chi connectivity index (χ3v) is 4.97. The van der Waals surface area contributed by atoms with E-state index in [2.05, 4.69) is 5.32 Å². The number of hydrogen-bond acceptors (Lipinski definition) is 6. The van der Waals surface area contributed by atoms with Crippen LogP contribution in [0.1, 0.15) is 13.8 Å². The van der Waals surface area contributed by atoms with Crippen molar-refractivity contribution in [3.8, 4) is 5.75 Å². The zero-order valence-electron chi connectivity index (χ0n) is 14.5. The highest BCUT2D eigenvalue weighted by Crippen LogP contribution is 2.39. The van der Waals surface area contributed by atoms with Crippen molar-refractivity contribution >= 4 is 23.6 Å². The fourth-order valence-corrected chi connectivity index (χ4v) is 3.52. The van der Waals surface area contributed by atoms with Crippen LogP contribution in [0, 0.1) is 0 Å². The first-order valence-electron chi connectivity index (χ1n) is 8.00. The smallest absolute Gasteiger partial charge is 0.325 e. The van der Waals surface area contributed by atoms with Crippen LogP contribution >= 0.6 is 0 Å². The highest BCUT2D eigenvalue weighted by atomic mass is 16.5. The van der Waals surface area contributed by atoms with Crippen LogP contribution in [0.3, 0.4) is 0 Å². The van der Waals surface area contributed by atoms with E-state index in [9.17, 15) is 9.59 Å². The minimum atomic E-state index is -0.553. The zero-order valence-corrected chi connectivity index (χ0v) is 14.5. The topological polar surface area (TPSA) is 77.5 Å². The number of guanidine groups is 1. The fraction of sp³-hybridized carbons (Fsp3) is 0.353. The maximum absolute atomic E-state index is 12.4. The number of imide groups is 1. The predicted molar refractivity (Wildman–Crippen MR) is 92.0 cm³/mol. The molecule has 0 saturated carbocycles. The molecule has 0 bridgehead atoms. The number of nitrogens with zero attached hydrogens (tertiary/aromatic N) is 4. The molecule has 2 unspecified atom stereocenters. The number of urea groups is 1. The molecule has 8 nitrogen and oxygen atoms in total. The Morgan fingerprint density at radius 1 is 1.20 bits per heavy atom. The van der Waals surface area contributed by atoms with E-state index in [1.807, 2.05) is 47.9 Å². The molecule has 1 aromatic carbocycles. The van der Waals surface area contributed by atoms with Crippen LogP contribution in [0.2, 0.25) is 0 Å². The second kappa shape index (κ2) is 5.23. The van der Waals surface area contributed by atoms with Gasteiger partial charge in [0, 0.05) is 24.5 Å². The molecule has 0 aromatic heterocycles. The average Bonchev–Trinajstić information content (AvgIpc) is 3.09. The number of methoxy groups -OCH3 is 1. The second-order valence-electron chi connectivity index (χ2n) is 6.27. The van der Waals surface area contributed by atoms with Crippen molar-refractivity contribution in [2.75, 3.05) is 19.1 Å². The number of carbonyl (C=O) groups excluding carboxylic acids is 2. The molecule has 8 heteroatoms. The monoisotopic (exact) mass is 341 g/mol. The van der Waals surface area contributed by atoms with Crippen LogP contribution in [0.15, 0.2) is 40.7 Å². The summed E-state index contributed by atoms with van der Waals surface area (Å²) in [6.07, 6.45) is -0.535. The summed E-state index contributed by atoms with van der Waals surface area (Å²) in [4.78, 5) is 34.4. The van der Waals surface area contributed by atoms with E-state index >= 15 is 0 Å². The standard InChI is InChI=1S/C17H19N5O3/c1-9-10(2)22-13-14(20(3)17(24)19-15(13)23)18-16(22)21(9)11-6-5-7-12(8-11)25-4/h5-8,13-14H,1-4H3,(H,19,23,24). The molecular formula is C17H19N5O3. The molecule has 1 fully saturated rings. The zero-order chi connectivity index (χ0) is 17.9. The highest BCUT2D eigenvalue weighted by molar-refractivity contribution is 6.10. The third kappa shape index (κ3) is 2.03. The molecule has 0 spiro atoms. The van der Waals surface area contributed by atoms with Gasteiger partial charge >= 0.3 is 6.03 Å². The van der Waals surface area contributed by atoms with Crippen molar-refractivity contribution in [2.45, 2.75) is 26.1 Å². The first kappa shape index (κ1) is 15.5. The van der Waals surface area contributed by atoms with Crippen LogP contribution < -0.4 is 15.0 Å². The van der Waals surface area contributed by atoms with Crippen molar-refractivity contribution < 1.29 is 14.3 Å². The molecule has 1 saturated heterocycles. The lowest BCUT2D eigenvalue weighted by atomic mass is 10.1. The van der Waals surface area contributed by atoms with Crippen LogP contribution in [0.5, 0.6) is 5.75 Å². The summed E-state index contributed by atoms with van der Waals surface area (Å²) in [5.74, 6) is 1.06. The summed E-state index contributed by atoms with van der Waals surface area (Å²) in [6, 6.07) is 6.68. The molecule has 1 N–H and O–H groups in total. The van der Waals surface area contributed by atoms with Crippen molar-refractivity contribution in [1.82, 2.24) is 15.1 Å². The Bertz CT molecular complexity index is 846. The number of hydrogen-bond donors (Lipinski definition) is 1. The molecule has 0 aliphatic carbocycles. The summed E-state index contributed by atoms with van der Waals surface area (Å²) >= 11 is 0. The van der Waals surface area contributed by atoms with Gasteiger partial charge in [-0.05, 0) is 26.0 Å². The Morgan fingerprint density at radius 3 is 2.68 bits per heavy atom. The number of likely N-dealkylation sites (N-methyl/N-ethyl adjacent to an activating group) is 1. The van der Waals surface area contributed by atoms with E-state index in [4.69, 9.17) is 9.73 Å². The minimum Gasteiger partial charge on any atom is -0.497 e. The van der Waals surface area contributed by atoms with Crippen molar-refractivity contribution in [1.29, 1.82) is 0 Å². The average molecular weight is 341 g/mol. The van der Waals surface area contributed by atoms with Gasteiger partial charge < -0.3 is 9.64 Å². The van der Waals surface area contributed by atoms with Gasteiger partial charge in [0.1, 0.15) is 5.75 Å². The van der Waals surface area contributed by atoms with E-state index in [0.29, 0.717) is 5.96 Å². The van der Waals surface area contributed by atoms with Gasteiger partial charge in [-0.3, -0.25) is 19.9 Å². The lowest BCUT2D eigenvalue weighted by molar-refractivity contribution is -0.126. The first-order chi connectivity index (χ1) is 11.9. The summed E-state index contributed by atoms with van der Waals surface area (Å²) < 4.78 is 5.32. The van der Waals surface area contributed by atoms with Gasteiger partial charge in [0.15, 0.2) is 12.2 Å². The van der Waals surface area contributed by atoms with Crippen LogP contribution in [0.4, 0.5) is 10.5 Å². The number of nitrogens with one attached hydrogen (secondary N) is 1. The number of allylic oxidation sites excluding steroid dienone is 2. The van der Waals surface area contributed by atoms with Crippen LogP contribution in [-0.4, -0.2) is 54.1 Å². The first-order valence-corrected chi connectivity index (χ1v) is 8.00. The number of fused-ring (bicyclic) bond motifs is 3. The quantitative estimate of drug-likeness (QED) is 0.878.